The molecule has 4 nitrogen and oxygen atoms in total. The van der Waals surface area contributed by atoms with Crippen LogP contribution in [0, 0.1) is 12.7 Å². The van der Waals surface area contributed by atoms with E-state index in [9.17, 15) is 14.0 Å². The summed E-state index contributed by atoms with van der Waals surface area (Å²) in [5, 5.41) is 2.88. The molecule has 1 N–H and O–H groups in total. The summed E-state index contributed by atoms with van der Waals surface area (Å²) in [6, 6.07) is 13.9. The van der Waals surface area contributed by atoms with E-state index in [1.54, 1.807) is 30.0 Å². The first kappa shape index (κ1) is 22.9. The second kappa shape index (κ2) is 11.0. The first-order chi connectivity index (χ1) is 13.8. The van der Waals surface area contributed by atoms with Crippen LogP contribution in [0.4, 0.5) is 4.39 Å². The highest BCUT2D eigenvalue weighted by molar-refractivity contribution is 7.99. The van der Waals surface area contributed by atoms with Crippen molar-refractivity contribution >= 4 is 23.6 Å². The van der Waals surface area contributed by atoms with Gasteiger partial charge < -0.3 is 10.2 Å². The average molecular weight is 417 g/mol. The second-order valence-corrected chi connectivity index (χ2v) is 8.42. The SMILES string of the molecule is Cc1cccc(CN(C(=O)CSCc2ccccc2F)[C@H](C)C(=O)NC(C)C)c1. The monoisotopic (exact) mass is 416 g/mol. The van der Waals surface area contributed by atoms with Gasteiger partial charge in [0.05, 0.1) is 5.75 Å². The van der Waals surface area contributed by atoms with Gasteiger partial charge in [0, 0.05) is 18.3 Å². The standard InChI is InChI=1S/C23H29FN2O2S/c1-16(2)25-23(28)18(4)26(13-19-9-7-8-17(3)12-19)22(27)15-29-14-20-10-5-6-11-21(20)24/h5-12,16,18H,13-15H2,1-4H3,(H,25,28)/t18-/m1/s1. The third kappa shape index (κ3) is 7.20. The molecule has 0 saturated carbocycles. The van der Waals surface area contributed by atoms with Crippen molar-refractivity contribution in [1.29, 1.82) is 0 Å². The molecule has 0 spiro atoms. The molecular formula is C23H29FN2O2S. The molecular weight excluding hydrogens is 387 g/mol. The summed E-state index contributed by atoms with van der Waals surface area (Å²) in [6.07, 6.45) is 0. The average Bonchev–Trinajstić information content (AvgIpc) is 2.66. The molecule has 0 bridgehead atoms. The molecule has 2 rings (SSSR count). The predicted octanol–water partition coefficient (Wildman–Crippen LogP) is 4.31. The molecule has 0 aliphatic rings. The first-order valence-corrected chi connectivity index (χ1v) is 10.9. The van der Waals surface area contributed by atoms with Crippen LogP contribution in [0.2, 0.25) is 0 Å². The summed E-state index contributed by atoms with van der Waals surface area (Å²) >= 11 is 1.35. The Morgan fingerprint density at radius 1 is 1.10 bits per heavy atom. The van der Waals surface area contributed by atoms with Crippen molar-refractivity contribution in [3.05, 3.63) is 71.0 Å². The number of thioether (sulfide) groups is 1. The number of amides is 2. The molecule has 2 aromatic rings. The topological polar surface area (TPSA) is 49.4 Å². The van der Waals surface area contributed by atoms with Crippen LogP contribution in [0.1, 0.15) is 37.5 Å². The lowest BCUT2D eigenvalue weighted by molar-refractivity contribution is -0.138. The molecule has 0 unspecified atom stereocenters. The van der Waals surface area contributed by atoms with Crippen LogP contribution in [-0.4, -0.2) is 34.6 Å². The van der Waals surface area contributed by atoms with Crippen LogP contribution in [0.15, 0.2) is 48.5 Å². The van der Waals surface area contributed by atoms with Crippen LogP contribution in [0.25, 0.3) is 0 Å². The Labute approximate surface area is 176 Å². The fourth-order valence-electron chi connectivity index (χ4n) is 2.94. The minimum absolute atomic E-state index is 0.00342. The van der Waals surface area contributed by atoms with Crippen molar-refractivity contribution in [3.8, 4) is 0 Å². The third-order valence-electron chi connectivity index (χ3n) is 4.47. The predicted molar refractivity (Wildman–Crippen MR) is 117 cm³/mol. The zero-order valence-electron chi connectivity index (χ0n) is 17.4. The fourth-order valence-corrected chi connectivity index (χ4v) is 3.84. The van der Waals surface area contributed by atoms with Crippen LogP contribution in [0.5, 0.6) is 0 Å². The van der Waals surface area contributed by atoms with Crippen molar-refractivity contribution in [3.63, 3.8) is 0 Å². The van der Waals surface area contributed by atoms with Gasteiger partial charge in [0.15, 0.2) is 0 Å². The lowest BCUT2D eigenvalue weighted by Crippen LogP contribution is -2.49. The Morgan fingerprint density at radius 3 is 2.48 bits per heavy atom. The molecule has 6 heteroatoms. The van der Waals surface area contributed by atoms with Gasteiger partial charge in [-0.15, -0.1) is 11.8 Å². The Balaban J connectivity index is 2.09. The summed E-state index contributed by atoms with van der Waals surface area (Å²) in [4.78, 5) is 27.1. The summed E-state index contributed by atoms with van der Waals surface area (Å²) < 4.78 is 13.8. The number of aryl methyl sites for hydroxylation is 1. The number of carbonyl (C=O) groups excluding carboxylic acids is 2. The number of nitrogens with zero attached hydrogens (tertiary/aromatic N) is 1. The van der Waals surface area contributed by atoms with Gasteiger partial charge in [-0.1, -0.05) is 48.0 Å². The highest BCUT2D eigenvalue weighted by Crippen LogP contribution is 2.18. The van der Waals surface area contributed by atoms with E-state index in [1.165, 1.54) is 17.8 Å². The number of hydrogen-bond donors (Lipinski definition) is 1. The van der Waals surface area contributed by atoms with Gasteiger partial charge in [-0.05, 0) is 44.9 Å². The summed E-state index contributed by atoms with van der Waals surface area (Å²) in [5.41, 5.74) is 2.64. The van der Waals surface area contributed by atoms with Crippen molar-refractivity contribution in [2.75, 3.05) is 5.75 Å². The molecule has 0 aliphatic carbocycles. The zero-order valence-corrected chi connectivity index (χ0v) is 18.3. The van der Waals surface area contributed by atoms with Crippen molar-refractivity contribution in [2.45, 2.75) is 52.1 Å². The molecule has 156 valence electrons. The zero-order chi connectivity index (χ0) is 21.4. The van der Waals surface area contributed by atoms with Crippen LogP contribution >= 0.6 is 11.8 Å². The fraction of sp³-hybridized carbons (Fsp3) is 0.391. The number of benzene rings is 2. The molecule has 29 heavy (non-hydrogen) atoms. The van der Waals surface area contributed by atoms with Crippen LogP contribution in [0.3, 0.4) is 0 Å². The minimum Gasteiger partial charge on any atom is -0.352 e. The molecule has 2 amide bonds. The van der Waals surface area contributed by atoms with Gasteiger partial charge in [-0.3, -0.25) is 9.59 Å². The van der Waals surface area contributed by atoms with Gasteiger partial charge in [-0.25, -0.2) is 4.39 Å². The maximum Gasteiger partial charge on any atom is 0.242 e. The van der Waals surface area contributed by atoms with E-state index >= 15 is 0 Å². The van der Waals surface area contributed by atoms with E-state index in [4.69, 9.17) is 0 Å². The highest BCUT2D eigenvalue weighted by Gasteiger charge is 2.26. The van der Waals surface area contributed by atoms with E-state index in [-0.39, 0.29) is 29.4 Å². The Morgan fingerprint density at radius 2 is 1.83 bits per heavy atom. The molecule has 0 saturated heterocycles. The molecule has 0 fully saturated rings. The van der Waals surface area contributed by atoms with E-state index in [1.807, 2.05) is 45.0 Å². The quantitative estimate of drug-likeness (QED) is 0.663. The summed E-state index contributed by atoms with van der Waals surface area (Å²) in [6.45, 7) is 7.87. The largest absolute Gasteiger partial charge is 0.352 e. The van der Waals surface area contributed by atoms with Gasteiger partial charge >= 0.3 is 0 Å². The number of rotatable bonds is 9. The Kier molecular flexibility index (Phi) is 8.70. The Hall–Kier alpha value is -2.34. The number of carbonyl (C=O) groups is 2. The molecule has 0 radical (unpaired) electrons. The highest BCUT2D eigenvalue weighted by atomic mass is 32.2. The minimum atomic E-state index is -0.598. The van der Waals surface area contributed by atoms with Crippen molar-refractivity contribution in [1.82, 2.24) is 10.2 Å². The van der Waals surface area contributed by atoms with Crippen LogP contribution < -0.4 is 5.32 Å². The number of halogens is 1. The lowest BCUT2D eigenvalue weighted by atomic mass is 10.1. The summed E-state index contributed by atoms with van der Waals surface area (Å²) in [7, 11) is 0. The number of nitrogens with one attached hydrogen (secondary N) is 1. The van der Waals surface area contributed by atoms with Gasteiger partial charge in [-0.2, -0.15) is 0 Å². The van der Waals surface area contributed by atoms with Gasteiger partial charge in [0.2, 0.25) is 11.8 Å². The first-order valence-electron chi connectivity index (χ1n) is 9.74. The smallest absolute Gasteiger partial charge is 0.242 e. The summed E-state index contributed by atoms with van der Waals surface area (Å²) in [5.74, 6) is -0.00369. The maximum absolute atomic E-state index is 13.8. The second-order valence-electron chi connectivity index (χ2n) is 7.43. The molecule has 0 heterocycles. The van der Waals surface area contributed by atoms with Gasteiger partial charge in [0.25, 0.3) is 0 Å². The van der Waals surface area contributed by atoms with E-state index in [0.29, 0.717) is 17.9 Å². The van der Waals surface area contributed by atoms with Crippen molar-refractivity contribution < 1.29 is 14.0 Å². The molecule has 0 aromatic heterocycles. The van der Waals surface area contributed by atoms with Crippen LogP contribution in [-0.2, 0) is 21.9 Å². The Bertz CT molecular complexity index is 841. The molecule has 1 atom stereocenters. The maximum atomic E-state index is 13.8. The van der Waals surface area contributed by atoms with Crippen molar-refractivity contribution in [2.24, 2.45) is 0 Å². The number of hydrogen-bond acceptors (Lipinski definition) is 3. The normalized spacial score (nSPS) is 11.9. The van der Waals surface area contributed by atoms with E-state index in [2.05, 4.69) is 5.32 Å². The van der Waals surface area contributed by atoms with E-state index < -0.39 is 6.04 Å². The lowest BCUT2D eigenvalue weighted by Gasteiger charge is -2.29. The van der Waals surface area contributed by atoms with Gasteiger partial charge in [0.1, 0.15) is 11.9 Å². The molecule has 2 aromatic carbocycles. The molecule has 0 aliphatic heterocycles. The third-order valence-corrected chi connectivity index (χ3v) is 5.44. The van der Waals surface area contributed by atoms with E-state index in [0.717, 1.165) is 11.1 Å².